The Kier molecular flexibility index (Phi) is 8.28. The average molecular weight is 424 g/mol. The molecule has 0 aliphatic carbocycles. The van der Waals surface area contributed by atoms with Crippen LogP contribution in [0.15, 0.2) is 48.5 Å². The van der Waals surface area contributed by atoms with Crippen molar-refractivity contribution >= 4 is 23.4 Å². The van der Waals surface area contributed by atoms with Gasteiger partial charge in [-0.25, -0.2) is 5.48 Å². The van der Waals surface area contributed by atoms with E-state index in [4.69, 9.17) is 10.9 Å². The molecular formula is C22H24N4O5. The molecule has 2 aromatic rings. The SMILES string of the molecule is C[C@@H](N)C(=O)Nc1ccc(C#Cc2ccc(C(=O)N[C@H](C(=O)NO)[C@@H](C)O)cc2)cc1. The van der Waals surface area contributed by atoms with E-state index >= 15 is 0 Å². The summed E-state index contributed by atoms with van der Waals surface area (Å²) in [4.78, 5) is 35.4. The topological polar surface area (TPSA) is 154 Å². The molecule has 0 unspecified atom stereocenters. The summed E-state index contributed by atoms with van der Waals surface area (Å²) in [5, 5.41) is 23.3. The lowest BCUT2D eigenvalue weighted by atomic mass is 10.1. The number of hydroxylamine groups is 1. The molecular weight excluding hydrogens is 400 g/mol. The Labute approximate surface area is 179 Å². The van der Waals surface area contributed by atoms with Crippen molar-refractivity contribution in [3.63, 3.8) is 0 Å². The number of benzene rings is 2. The maximum absolute atomic E-state index is 12.3. The molecule has 162 valence electrons. The highest BCUT2D eigenvalue weighted by atomic mass is 16.5. The van der Waals surface area contributed by atoms with Crippen molar-refractivity contribution in [1.29, 1.82) is 0 Å². The van der Waals surface area contributed by atoms with Crippen molar-refractivity contribution in [3.8, 4) is 11.8 Å². The molecule has 0 fully saturated rings. The second kappa shape index (κ2) is 10.9. The van der Waals surface area contributed by atoms with Gasteiger partial charge in [-0.2, -0.15) is 0 Å². The number of hydrogen-bond donors (Lipinski definition) is 6. The molecule has 0 spiro atoms. The van der Waals surface area contributed by atoms with Crippen LogP contribution in [0.1, 0.15) is 35.3 Å². The number of hydrogen-bond acceptors (Lipinski definition) is 6. The van der Waals surface area contributed by atoms with Gasteiger partial charge in [0.05, 0.1) is 12.1 Å². The summed E-state index contributed by atoms with van der Waals surface area (Å²) >= 11 is 0. The Hall–Kier alpha value is -3.71. The van der Waals surface area contributed by atoms with E-state index < -0.39 is 30.0 Å². The third-order valence-electron chi connectivity index (χ3n) is 4.23. The number of amides is 3. The molecule has 2 rings (SSSR count). The molecule has 0 aliphatic rings. The van der Waals surface area contributed by atoms with Crippen LogP contribution < -0.4 is 21.8 Å². The minimum Gasteiger partial charge on any atom is -0.391 e. The van der Waals surface area contributed by atoms with Gasteiger partial charge >= 0.3 is 0 Å². The van der Waals surface area contributed by atoms with Gasteiger partial charge in [0.15, 0.2) is 0 Å². The minimum atomic E-state index is -1.29. The van der Waals surface area contributed by atoms with Crippen LogP contribution in [0.2, 0.25) is 0 Å². The van der Waals surface area contributed by atoms with Gasteiger partial charge in [-0.3, -0.25) is 19.6 Å². The predicted molar refractivity (Wildman–Crippen MR) is 114 cm³/mol. The van der Waals surface area contributed by atoms with Crippen molar-refractivity contribution < 1.29 is 24.7 Å². The molecule has 3 amide bonds. The quantitative estimate of drug-likeness (QED) is 0.224. The maximum Gasteiger partial charge on any atom is 0.268 e. The smallest absolute Gasteiger partial charge is 0.268 e. The number of carbonyl (C=O) groups is 3. The van der Waals surface area contributed by atoms with E-state index in [1.165, 1.54) is 24.5 Å². The molecule has 0 bridgehead atoms. The molecule has 3 atom stereocenters. The highest BCUT2D eigenvalue weighted by Gasteiger charge is 2.25. The molecule has 0 heterocycles. The van der Waals surface area contributed by atoms with Crippen LogP contribution in [0, 0.1) is 11.8 Å². The summed E-state index contributed by atoms with van der Waals surface area (Å²) in [5.41, 5.74) is 9.19. The lowest BCUT2D eigenvalue weighted by Crippen LogP contribution is -2.51. The van der Waals surface area contributed by atoms with Gasteiger partial charge in [0.2, 0.25) is 5.91 Å². The van der Waals surface area contributed by atoms with Crippen LogP contribution >= 0.6 is 0 Å². The van der Waals surface area contributed by atoms with Crippen molar-refractivity contribution in [2.75, 3.05) is 5.32 Å². The van der Waals surface area contributed by atoms with E-state index in [1.54, 1.807) is 43.3 Å². The Morgan fingerprint density at radius 3 is 1.87 bits per heavy atom. The molecule has 9 nitrogen and oxygen atoms in total. The van der Waals surface area contributed by atoms with Crippen molar-refractivity contribution in [2.24, 2.45) is 5.73 Å². The highest BCUT2D eigenvalue weighted by Crippen LogP contribution is 2.10. The lowest BCUT2D eigenvalue weighted by Gasteiger charge is -2.19. The Bertz CT molecular complexity index is 989. The number of nitrogens with one attached hydrogen (secondary N) is 3. The van der Waals surface area contributed by atoms with Gasteiger partial charge in [-0.1, -0.05) is 11.8 Å². The van der Waals surface area contributed by atoms with Crippen LogP contribution in [-0.2, 0) is 9.59 Å². The van der Waals surface area contributed by atoms with Gasteiger partial charge in [-0.15, -0.1) is 0 Å². The molecule has 0 aliphatic heterocycles. The first-order chi connectivity index (χ1) is 14.7. The van der Waals surface area contributed by atoms with Gasteiger partial charge in [0.25, 0.3) is 11.8 Å². The number of carbonyl (C=O) groups excluding carboxylic acids is 3. The van der Waals surface area contributed by atoms with E-state index in [-0.39, 0.29) is 11.5 Å². The van der Waals surface area contributed by atoms with Crippen LogP contribution in [-0.4, -0.2) is 46.2 Å². The second-order valence-electron chi connectivity index (χ2n) is 6.85. The maximum atomic E-state index is 12.3. The fourth-order valence-electron chi connectivity index (χ4n) is 2.44. The Morgan fingerprint density at radius 2 is 1.42 bits per heavy atom. The fraction of sp³-hybridized carbons (Fsp3) is 0.227. The van der Waals surface area contributed by atoms with Crippen molar-refractivity contribution in [1.82, 2.24) is 10.8 Å². The molecule has 0 saturated carbocycles. The summed E-state index contributed by atoms with van der Waals surface area (Å²) in [7, 11) is 0. The first kappa shape index (κ1) is 23.6. The highest BCUT2D eigenvalue weighted by molar-refractivity contribution is 5.97. The zero-order valence-corrected chi connectivity index (χ0v) is 17.0. The third kappa shape index (κ3) is 6.94. The summed E-state index contributed by atoms with van der Waals surface area (Å²) < 4.78 is 0. The van der Waals surface area contributed by atoms with Crippen molar-refractivity contribution in [2.45, 2.75) is 32.0 Å². The van der Waals surface area contributed by atoms with E-state index in [2.05, 4.69) is 22.5 Å². The van der Waals surface area contributed by atoms with Crippen molar-refractivity contribution in [3.05, 3.63) is 65.2 Å². The average Bonchev–Trinajstić information content (AvgIpc) is 2.76. The van der Waals surface area contributed by atoms with Crippen LogP contribution in [0.4, 0.5) is 5.69 Å². The summed E-state index contributed by atoms with van der Waals surface area (Å²) in [6, 6.07) is 11.4. The number of rotatable bonds is 6. The Balaban J connectivity index is 2.03. The van der Waals surface area contributed by atoms with E-state index in [0.29, 0.717) is 11.3 Å². The zero-order chi connectivity index (χ0) is 23.0. The number of aliphatic hydroxyl groups is 1. The molecule has 7 N–H and O–H groups in total. The van der Waals surface area contributed by atoms with Crippen LogP contribution in [0.3, 0.4) is 0 Å². The van der Waals surface area contributed by atoms with Crippen LogP contribution in [0.5, 0.6) is 0 Å². The fourth-order valence-corrected chi connectivity index (χ4v) is 2.44. The summed E-state index contributed by atoms with van der Waals surface area (Å²) in [5.74, 6) is 4.16. The predicted octanol–water partition coefficient (Wildman–Crippen LogP) is 0.357. The van der Waals surface area contributed by atoms with Gasteiger partial charge in [0.1, 0.15) is 6.04 Å². The molecule has 0 radical (unpaired) electrons. The second-order valence-corrected chi connectivity index (χ2v) is 6.85. The van der Waals surface area contributed by atoms with E-state index in [0.717, 1.165) is 5.56 Å². The first-order valence-corrected chi connectivity index (χ1v) is 9.42. The number of nitrogens with two attached hydrogens (primary N) is 1. The number of aliphatic hydroxyl groups excluding tert-OH is 1. The van der Waals surface area contributed by atoms with Gasteiger partial charge < -0.3 is 21.5 Å². The first-order valence-electron chi connectivity index (χ1n) is 9.42. The monoisotopic (exact) mass is 424 g/mol. The lowest BCUT2D eigenvalue weighted by molar-refractivity contribution is -0.133. The number of anilines is 1. The summed E-state index contributed by atoms with van der Waals surface area (Å²) in [6.07, 6.45) is -1.19. The van der Waals surface area contributed by atoms with Gasteiger partial charge in [-0.05, 0) is 62.4 Å². The zero-order valence-electron chi connectivity index (χ0n) is 17.0. The normalized spacial score (nSPS) is 13.1. The molecule has 31 heavy (non-hydrogen) atoms. The third-order valence-corrected chi connectivity index (χ3v) is 4.23. The molecule has 9 heteroatoms. The largest absolute Gasteiger partial charge is 0.391 e. The molecule has 0 saturated heterocycles. The standard InChI is InChI=1S/C22H24N4O5/c1-13(23)20(28)24-18-11-7-16(8-12-18)4-3-15-5-9-17(10-6-15)21(29)25-19(14(2)27)22(30)26-31/h5-14,19,27,31H,23H2,1-2H3,(H,24,28)(H,25,29)(H,26,30)/t13-,14-,19+/m1/s1. The van der Waals surface area contributed by atoms with Gasteiger partial charge in [0, 0.05) is 22.4 Å². The Morgan fingerprint density at radius 1 is 0.903 bits per heavy atom. The van der Waals surface area contributed by atoms with Crippen LogP contribution in [0.25, 0.3) is 0 Å². The molecule has 2 aromatic carbocycles. The van der Waals surface area contributed by atoms with E-state index in [1.807, 2.05) is 0 Å². The molecule has 0 aromatic heterocycles. The minimum absolute atomic E-state index is 0.260. The van der Waals surface area contributed by atoms with E-state index in [9.17, 15) is 19.5 Å². The summed E-state index contributed by atoms with van der Waals surface area (Å²) in [6.45, 7) is 2.92.